The highest BCUT2D eigenvalue weighted by atomic mass is 32.2. The summed E-state index contributed by atoms with van der Waals surface area (Å²) in [4.78, 5) is 5.81. The van der Waals surface area contributed by atoms with Gasteiger partial charge in [-0.05, 0) is 25.1 Å². The molecule has 92 valence electrons. The van der Waals surface area contributed by atoms with E-state index >= 15 is 0 Å². The van der Waals surface area contributed by atoms with E-state index in [1.54, 1.807) is 0 Å². The predicted octanol–water partition coefficient (Wildman–Crippen LogP) is 3.50. The maximum absolute atomic E-state index is 4.43. The maximum atomic E-state index is 4.43. The second-order valence-corrected chi connectivity index (χ2v) is 6.75. The summed E-state index contributed by atoms with van der Waals surface area (Å²) in [6.45, 7) is 8.69. The monoisotopic (exact) mass is 258 g/mol. The number of rotatable bonds is 7. The van der Waals surface area contributed by atoms with Crippen LogP contribution in [0.4, 0.5) is 0 Å². The van der Waals surface area contributed by atoms with Gasteiger partial charge in [-0.2, -0.15) is 11.8 Å². The largest absolute Gasteiger partial charge is 0.310 e. The summed E-state index contributed by atoms with van der Waals surface area (Å²) in [6, 6.07) is 0. The summed E-state index contributed by atoms with van der Waals surface area (Å²) in [6.07, 6.45) is 5.40. The van der Waals surface area contributed by atoms with Crippen molar-refractivity contribution in [3.63, 3.8) is 0 Å². The maximum Gasteiger partial charge on any atom is 0.107 e. The molecule has 4 heteroatoms. The summed E-state index contributed by atoms with van der Waals surface area (Å²) in [7, 11) is 0. The average molecular weight is 258 g/mol. The quantitative estimate of drug-likeness (QED) is 0.758. The molecule has 0 radical (unpaired) electrons. The highest BCUT2D eigenvalue weighted by molar-refractivity contribution is 7.99. The Morgan fingerprint density at radius 2 is 2.19 bits per heavy atom. The van der Waals surface area contributed by atoms with Gasteiger partial charge in [0, 0.05) is 22.9 Å². The smallest absolute Gasteiger partial charge is 0.107 e. The molecule has 1 unspecified atom stereocenters. The molecule has 1 aromatic rings. The van der Waals surface area contributed by atoms with Crippen molar-refractivity contribution < 1.29 is 0 Å². The van der Waals surface area contributed by atoms with Crippen molar-refractivity contribution in [2.75, 3.05) is 12.8 Å². The lowest BCUT2D eigenvalue weighted by atomic mass is 10.2. The molecule has 1 heterocycles. The molecule has 1 rings (SSSR count). The molecule has 0 saturated heterocycles. The summed E-state index contributed by atoms with van der Waals surface area (Å²) in [5, 5.41) is 5.41. The molecule has 0 saturated carbocycles. The molecule has 0 aliphatic heterocycles. The van der Waals surface area contributed by atoms with Crippen LogP contribution in [0.15, 0.2) is 6.20 Å². The van der Waals surface area contributed by atoms with Crippen LogP contribution in [-0.2, 0) is 6.54 Å². The van der Waals surface area contributed by atoms with Crippen LogP contribution in [0.2, 0.25) is 0 Å². The fourth-order valence-electron chi connectivity index (χ4n) is 1.29. The number of thiazole rings is 1. The van der Waals surface area contributed by atoms with Gasteiger partial charge < -0.3 is 5.32 Å². The van der Waals surface area contributed by atoms with Gasteiger partial charge in [-0.15, -0.1) is 11.3 Å². The fourth-order valence-corrected chi connectivity index (χ4v) is 2.54. The predicted molar refractivity (Wildman–Crippen MR) is 75.5 cm³/mol. The van der Waals surface area contributed by atoms with Crippen LogP contribution in [0.25, 0.3) is 0 Å². The fraction of sp³-hybridized carbons (Fsp3) is 0.750. The Morgan fingerprint density at radius 3 is 2.75 bits per heavy atom. The Balaban J connectivity index is 2.21. The minimum Gasteiger partial charge on any atom is -0.310 e. The van der Waals surface area contributed by atoms with Crippen molar-refractivity contribution in [2.45, 2.75) is 44.9 Å². The SMILES string of the molecule is CSC(C)CCNCc1ncc(C(C)C)s1. The van der Waals surface area contributed by atoms with Crippen molar-refractivity contribution in [1.82, 2.24) is 10.3 Å². The Hall–Kier alpha value is -0.0600. The highest BCUT2D eigenvalue weighted by Crippen LogP contribution is 2.21. The summed E-state index contributed by atoms with van der Waals surface area (Å²) in [5.74, 6) is 0.600. The van der Waals surface area contributed by atoms with Crippen molar-refractivity contribution in [1.29, 1.82) is 0 Å². The van der Waals surface area contributed by atoms with Crippen LogP contribution in [0.1, 0.15) is 43.0 Å². The van der Waals surface area contributed by atoms with E-state index in [9.17, 15) is 0 Å². The number of nitrogens with one attached hydrogen (secondary N) is 1. The third-order valence-electron chi connectivity index (χ3n) is 2.55. The first-order chi connectivity index (χ1) is 7.63. The van der Waals surface area contributed by atoms with E-state index in [2.05, 4.69) is 37.3 Å². The lowest BCUT2D eigenvalue weighted by molar-refractivity contribution is 0.646. The van der Waals surface area contributed by atoms with E-state index in [4.69, 9.17) is 0 Å². The third kappa shape index (κ3) is 4.85. The van der Waals surface area contributed by atoms with Crippen molar-refractivity contribution in [3.8, 4) is 0 Å². The Labute approximate surface area is 107 Å². The summed E-state index contributed by atoms with van der Waals surface area (Å²) >= 11 is 3.75. The number of hydrogen-bond donors (Lipinski definition) is 1. The van der Waals surface area contributed by atoms with Crippen molar-refractivity contribution in [2.24, 2.45) is 0 Å². The standard InChI is InChI=1S/C12H22N2S2/c1-9(2)11-7-14-12(16-11)8-13-6-5-10(3)15-4/h7,9-10,13H,5-6,8H2,1-4H3. The number of hydrogen-bond acceptors (Lipinski definition) is 4. The first-order valence-electron chi connectivity index (χ1n) is 5.81. The van der Waals surface area contributed by atoms with E-state index in [1.807, 2.05) is 29.3 Å². The molecule has 1 atom stereocenters. The van der Waals surface area contributed by atoms with Crippen LogP contribution in [0, 0.1) is 0 Å². The van der Waals surface area contributed by atoms with Crippen LogP contribution in [-0.4, -0.2) is 23.0 Å². The average Bonchev–Trinajstić information content (AvgIpc) is 2.72. The first-order valence-corrected chi connectivity index (χ1v) is 7.92. The molecule has 16 heavy (non-hydrogen) atoms. The van der Waals surface area contributed by atoms with Crippen LogP contribution >= 0.6 is 23.1 Å². The molecular formula is C12H22N2S2. The molecule has 2 nitrogen and oxygen atoms in total. The minimum atomic E-state index is 0.600. The van der Waals surface area contributed by atoms with Crippen molar-refractivity contribution >= 4 is 23.1 Å². The zero-order chi connectivity index (χ0) is 12.0. The topological polar surface area (TPSA) is 24.9 Å². The van der Waals surface area contributed by atoms with Gasteiger partial charge in [-0.25, -0.2) is 4.98 Å². The van der Waals surface area contributed by atoms with Crippen LogP contribution in [0.3, 0.4) is 0 Å². The summed E-state index contributed by atoms with van der Waals surface area (Å²) in [5.41, 5.74) is 0. The van der Waals surface area contributed by atoms with Crippen LogP contribution in [0.5, 0.6) is 0 Å². The highest BCUT2D eigenvalue weighted by Gasteiger charge is 2.05. The molecule has 1 N–H and O–H groups in total. The molecule has 0 aliphatic rings. The van der Waals surface area contributed by atoms with Gasteiger partial charge in [0.1, 0.15) is 5.01 Å². The first kappa shape index (κ1) is 14.0. The van der Waals surface area contributed by atoms with Gasteiger partial charge in [0.15, 0.2) is 0 Å². The van der Waals surface area contributed by atoms with E-state index in [0.717, 1.165) is 18.3 Å². The van der Waals surface area contributed by atoms with E-state index in [0.29, 0.717) is 5.92 Å². The van der Waals surface area contributed by atoms with Gasteiger partial charge in [0.2, 0.25) is 0 Å². The van der Waals surface area contributed by atoms with Crippen LogP contribution < -0.4 is 5.32 Å². The molecule has 0 amide bonds. The van der Waals surface area contributed by atoms with Gasteiger partial charge in [-0.3, -0.25) is 0 Å². The second kappa shape index (κ2) is 7.30. The van der Waals surface area contributed by atoms with Gasteiger partial charge in [0.25, 0.3) is 0 Å². The Kier molecular flexibility index (Phi) is 6.39. The van der Waals surface area contributed by atoms with Gasteiger partial charge in [0.05, 0.1) is 0 Å². The zero-order valence-corrected chi connectivity index (χ0v) is 12.3. The number of thioether (sulfide) groups is 1. The molecule has 1 aromatic heterocycles. The Bertz CT molecular complexity index is 297. The third-order valence-corrected chi connectivity index (χ3v) is 4.89. The van der Waals surface area contributed by atoms with E-state index < -0.39 is 0 Å². The normalized spacial score (nSPS) is 13.3. The van der Waals surface area contributed by atoms with Gasteiger partial charge >= 0.3 is 0 Å². The lowest BCUT2D eigenvalue weighted by Crippen LogP contribution is -2.17. The van der Waals surface area contributed by atoms with Gasteiger partial charge in [-0.1, -0.05) is 20.8 Å². The minimum absolute atomic E-state index is 0.600. The molecule has 0 aromatic carbocycles. The molecule has 0 spiro atoms. The van der Waals surface area contributed by atoms with Crippen molar-refractivity contribution in [3.05, 3.63) is 16.1 Å². The Morgan fingerprint density at radius 1 is 1.44 bits per heavy atom. The van der Waals surface area contributed by atoms with E-state index in [-0.39, 0.29) is 0 Å². The number of nitrogens with zero attached hydrogens (tertiary/aromatic N) is 1. The zero-order valence-electron chi connectivity index (χ0n) is 10.6. The molecule has 0 fully saturated rings. The lowest BCUT2D eigenvalue weighted by Gasteiger charge is -2.07. The van der Waals surface area contributed by atoms with E-state index in [1.165, 1.54) is 16.3 Å². The summed E-state index contributed by atoms with van der Waals surface area (Å²) < 4.78 is 0. The number of aromatic nitrogens is 1. The molecule has 0 bridgehead atoms. The second-order valence-electron chi connectivity index (χ2n) is 4.32. The molecular weight excluding hydrogens is 236 g/mol. The molecule has 0 aliphatic carbocycles.